The number of sulfone groups is 1. The lowest BCUT2D eigenvalue weighted by molar-refractivity contribution is -0.287. The number of halogens is 4. The van der Waals surface area contributed by atoms with Gasteiger partial charge < -0.3 is 19.4 Å². The van der Waals surface area contributed by atoms with E-state index in [0.717, 1.165) is 6.26 Å². The highest BCUT2D eigenvalue weighted by Crippen LogP contribution is 2.43. The Morgan fingerprint density at radius 3 is 2.50 bits per heavy atom. The molecule has 0 saturated carbocycles. The summed E-state index contributed by atoms with van der Waals surface area (Å²) in [6.45, 7) is -0.155. The molecule has 1 amide bonds. The topological polar surface area (TPSA) is 99.5 Å². The van der Waals surface area contributed by atoms with Crippen molar-refractivity contribution in [3.05, 3.63) is 83.2 Å². The molecule has 0 saturated heterocycles. The van der Waals surface area contributed by atoms with Gasteiger partial charge in [0.25, 0.3) is 12.3 Å². The Bertz CT molecular complexity index is 1650. The number of benzene rings is 3. The summed E-state index contributed by atoms with van der Waals surface area (Å²) in [6.07, 6.45) is -5.75. The quantitative estimate of drug-likeness (QED) is 0.336. The monoisotopic (exact) mass is 549 g/mol. The third-order valence-electron chi connectivity index (χ3n) is 5.88. The number of para-hydroxylation sites is 1. The molecule has 2 heterocycles. The van der Waals surface area contributed by atoms with Crippen LogP contribution in [0.1, 0.15) is 33.7 Å². The second kappa shape index (κ2) is 9.31. The summed E-state index contributed by atoms with van der Waals surface area (Å²) in [4.78, 5) is 16.8. The molecular weight excluding hydrogens is 530 g/mol. The molecule has 38 heavy (non-hydrogen) atoms. The molecule has 0 radical (unpaired) electrons. The summed E-state index contributed by atoms with van der Waals surface area (Å²) in [5, 5.41) is 2.69. The summed E-state index contributed by atoms with van der Waals surface area (Å²) in [7, 11) is -3.35. The van der Waals surface area contributed by atoms with Crippen LogP contribution in [0.4, 0.5) is 17.6 Å². The van der Waals surface area contributed by atoms with Crippen LogP contribution in [-0.2, 0) is 22.9 Å². The predicted octanol–water partition coefficient (Wildman–Crippen LogP) is 4.68. The highest BCUT2D eigenvalue weighted by Gasteiger charge is 2.44. The lowest BCUT2D eigenvalue weighted by atomic mass is 10.1. The molecule has 1 N–H and O–H groups in total. The first-order chi connectivity index (χ1) is 17.9. The summed E-state index contributed by atoms with van der Waals surface area (Å²) in [6, 6.07) is 14.4. The van der Waals surface area contributed by atoms with Gasteiger partial charge in [-0.3, -0.25) is 4.79 Å². The van der Waals surface area contributed by atoms with Crippen LogP contribution in [-0.4, -0.2) is 36.4 Å². The normalized spacial score (nSPS) is 14.3. The van der Waals surface area contributed by atoms with E-state index in [1.165, 1.54) is 53.1 Å². The first kappa shape index (κ1) is 25.5. The highest BCUT2D eigenvalue weighted by molar-refractivity contribution is 7.90. The number of rotatable bonds is 7. The van der Waals surface area contributed by atoms with Gasteiger partial charge in [0.1, 0.15) is 0 Å². The van der Waals surface area contributed by atoms with Crippen molar-refractivity contribution in [1.82, 2.24) is 14.9 Å². The fourth-order valence-corrected chi connectivity index (χ4v) is 4.71. The zero-order valence-electron chi connectivity index (χ0n) is 19.6. The van der Waals surface area contributed by atoms with E-state index in [-0.39, 0.29) is 51.6 Å². The smallest absolute Gasteiger partial charge is 0.395 e. The third kappa shape index (κ3) is 5.01. The van der Waals surface area contributed by atoms with E-state index in [1.54, 1.807) is 12.1 Å². The Morgan fingerprint density at radius 1 is 1.08 bits per heavy atom. The van der Waals surface area contributed by atoms with Crippen LogP contribution in [0.2, 0.25) is 0 Å². The Hall–Kier alpha value is -4.13. The Labute approximate surface area is 213 Å². The molecule has 0 unspecified atom stereocenters. The second-order valence-corrected chi connectivity index (χ2v) is 10.6. The van der Waals surface area contributed by atoms with E-state index in [0.29, 0.717) is 5.56 Å². The molecule has 0 bridgehead atoms. The van der Waals surface area contributed by atoms with Crippen molar-refractivity contribution in [2.45, 2.75) is 30.7 Å². The molecule has 198 valence electrons. The van der Waals surface area contributed by atoms with Gasteiger partial charge in [-0.05, 0) is 42.0 Å². The molecule has 0 fully saturated rings. The number of alkyl halides is 4. The predicted molar refractivity (Wildman–Crippen MR) is 127 cm³/mol. The number of ether oxygens (including phenoxy) is 2. The van der Waals surface area contributed by atoms with E-state index in [1.807, 2.05) is 0 Å². The minimum atomic E-state index is -3.86. The lowest BCUT2D eigenvalue weighted by Gasteiger charge is -2.11. The SMILES string of the molecule is CS(=O)(=O)c1ccc(CNC(=O)c2ccc3c(c2)nc(C(F)F)n3Cc2cccc3c2OC(F)(F)O3)cc1. The van der Waals surface area contributed by atoms with Crippen LogP contribution in [0.3, 0.4) is 0 Å². The number of nitrogens with zero attached hydrogens (tertiary/aromatic N) is 2. The van der Waals surface area contributed by atoms with Crippen molar-refractivity contribution in [2.24, 2.45) is 0 Å². The van der Waals surface area contributed by atoms with Crippen LogP contribution in [0.15, 0.2) is 65.6 Å². The van der Waals surface area contributed by atoms with E-state index in [4.69, 9.17) is 0 Å². The van der Waals surface area contributed by atoms with Gasteiger partial charge >= 0.3 is 6.29 Å². The third-order valence-corrected chi connectivity index (χ3v) is 7.01. The fourth-order valence-electron chi connectivity index (χ4n) is 4.08. The van der Waals surface area contributed by atoms with Crippen LogP contribution < -0.4 is 14.8 Å². The lowest BCUT2D eigenvalue weighted by Crippen LogP contribution is -2.26. The molecule has 8 nitrogen and oxygen atoms in total. The van der Waals surface area contributed by atoms with E-state index >= 15 is 0 Å². The number of nitrogens with one attached hydrogen (secondary N) is 1. The summed E-state index contributed by atoms with van der Waals surface area (Å²) in [5.41, 5.74) is 1.37. The fraction of sp³-hybridized carbons (Fsp3) is 0.200. The van der Waals surface area contributed by atoms with Gasteiger partial charge in [-0.15, -0.1) is 8.78 Å². The largest absolute Gasteiger partial charge is 0.586 e. The molecule has 5 rings (SSSR count). The zero-order valence-corrected chi connectivity index (χ0v) is 20.4. The Kier molecular flexibility index (Phi) is 6.25. The van der Waals surface area contributed by atoms with Crippen molar-refractivity contribution in [3.8, 4) is 11.5 Å². The van der Waals surface area contributed by atoms with Crippen LogP contribution in [0, 0.1) is 0 Å². The van der Waals surface area contributed by atoms with Gasteiger partial charge in [-0.2, -0.15) is 0 Å². The van der Waals surface area contributed by atoms with Gasteiger partial charge in [-0.25, -0.2) is 22.2 Å². The molecule has 0 aliphatic carbocycles. The standard InChI is InChI=1S/C25H19F4N3O5S/c1-38(34,35)17-8-5-14(6-9-17)12-30-24(33)15-7-10-19-18(11-15)31-23(22(26)27)32(19)13-16-3-2-4-20-21(16)37-25(28,29)36-20/h2-11,22H,12-13H2,1H3,(H,30,33). The number of aromatic nitrogens is 2. The molecular formula is C25H19F4N3O5S. The van der Waals surface area contributed by atoms with Crippen LogP contribution in [0.5, 0.6) is 11.5 Å². The average molecular weight is 550 g/mol. The van der Waals surface area contributed by atoms with Crippen molar-refractivity contribution >= 4 is 26.8 Å². The minimum absolute atomic E-state index is 0.101. The maximum Gasteiger partial charge on any atom is 0.586 e. The van der Waals surface area contributed by atoms with Crippen molar-refractivity contribution in [1.29, 1.82) is 0 Å². The second-order valence-electron chi connectivity index (χ2n) is 8.57. The first-order valence-electron chi connectivity index (χ1n) is 11.1. The van der Waals surface area contributed by atoms with E-state index in [2.05, 4.69) is 19.8 Å². The Morgan fingerprint density at radius 2 is 1.82 bits per heavy atom. The first-order valence-corrected chi connectivity index (χ1v) is 13.0. The van der Waals surface area contributed by atoms with Gasteiger partial charge in [0, 0.05) is 23.9 Å². The van der Waals surface area contributed by atoms with Crippen molar-refractivity contribution in [3.63, 3.8) is 0 Å². The molecule has 13 heteroatoms. The Balaban J connectivity index is 1.39. The number of carbonyl (C=O) groups excluding carboxylic acids is 1. The average Bonchev–Trinajstić information content (AvgIpc) is 3.38. The number of hydrogen-bond donors (Lipinski definition) is 1. The van der Waals surface area contributed by atoms with Gasteiger partial charge in [0.15, 0.2) is 27.2 Å². The molecule has 0 spiro atoms. The maximum absolute atomic E-state index is 13.9. The molecule has 0 atom stereocenters. The molecule has 1 aromatic heterocycles. The number of hydrogen-bond acceptors (Lipinski definition) is 6. The maximum atomic E-state index is 13.9. The highest BCUT2D eigenvalue weighted by atomic mass is 32.2. The number of fused-ring (bicyclic) bond motifs is 2. The minimum Gasteiger partial charge on any atom is -0.395 e. The molecule has 1 aliphatic rings. The van der Waals surface area contributed by atoms with E-state index in [9.17, 15) is 30.8 Å². The summed E-state index contributed by atoms with van der Waals surface area (Å²) >= 11 is 0. The number of amides is 1. The van der Waals surface area contributed by atoms with Crippen molar-refractivity contribution in [2.75, 3.05) is 6.26 Å². The number of carbonyl (C=O) groups is 1. The van der Waals surface area contributed by atoms with Gasteiger partial charge in [0.2, 0.25) is 0 Å². The molecule has 1 aliphatic heterocycles. The van der Waals surface area contributed by atoms with Crippen LogP contribution >= 0.6 is 0 Å². The number of imidazole rings is 1. The molecule has 3 aromatic carbocycles. The van der Waals surface area contributed by atoms with Gasteiger partial charge in [0.05, 0.1) is 22.5 Å². The van der Waals surface area contributed by atoms with Gasteiger partial charge in [-0.1, -0.05) is 24.3 Å². The van der Waals surface area contributed by atoms with Crippen molar-refractivity contribution < 1.29 is 40.2 Å². The summed E-state index contributed by atoms with van der Waals surface area (Å²) in [5.74, 6) is -1.56. The molecule has 4 aromatic rings. The zero-order chi connectivity index (χ0) is 27.2. The summed E-state index contributed by atoms with van der Waals surface area (Å²) < 4.78 is 88.2. The van der Waals surface area contributed by atoms with Crippen LogP contribution in [0.25, 0.3) is 11.0 Å². The van der Waals surface area contributed by atoms with E-state index < -0.39 is 34.3 Å².